The van der Waals surface area contributed by atoms with E-state index in [9.17, 15) is 4.79 Å². The first-order valence-corrected chi connectivity index (χ1v) is 6.66. The van der Waals surface area contributed by atoms with Gasteiger partial charge in [0.05, 0.1) is 10.2 Å². The molecule has 0 atom stereocenters. The van der Waals surface area contributed by atoms with Crippen molar-refractivity contribution in [3.05, 3.63) is 36.8 Å². The number of aromatic amines is 1. The summed E-state index contributed by atoms with van der Waals surface area (Å²) in [4.78, 5) is 18.8. The summed E-state index contributed by atoms with van der Waals surface area (Å²) in [7, 11) is 0. The van der Waals surface area contributed by atoms with Crippen LogP contribution in [0, 0.1) is 6.92 Å². The molecule has 4 nitrogen and oxygen atoms in total. The Hall–Kier alpha value is -0.880. The van der Waals surface area contributed by atoms with E-state index in [1.54, 1.807) is 13.0 Å². The highest BCUT2D eigenvalue weighted by Gasteiger charge is 2.13. The van der Waals surface area contributed by atoms with Crippen LogP contribution in [0.25, 0.3) is 11.6 Å². The van der Waals surface area contributed by atoms with Crippen LogP contribution >= 0.6 is 31.9 Å². The van der Waals surface area contributed by atoms with Gasteiger partial charge in [0.1, 0.15) is 0 Å². The van der Waals surface area contributed by atoms with Crippen LogP contribution in [0.4, 0.5) is 0 Å². The summed E-state index contributed by atoms with van der Waals surface area (Å²) in [5.41, 5.74) is 1.31. The van der Waals surface area contributed by atoms with Crippen LogP contribution < -0.4 is 5.56 Å². The number of nitrogens with zero attached hydrogens (tertiary/aromatic N) is 1. The Morgan fingerprint density at radius 1 is 1.47 bits per heavy atom. The molecule has 0 unspecified atom stereocenters. The lowest BCUT2D eigenvalue weighted by molar-refractivity contribution is 0.548. The van der Waals surface area contributed by atoms with Gasteiger partial charge in [-0.1, -0.05) is 6.92 Å². The van der Waals surface area contributed by atoms with Crippen molar-refractivity contribution in [3.63, 3.8) is 0 Å². The average Bonchev–Trinajstić information content (AvgIpc) is 2.63. The van der Waals surface area contributed by atoms with Gasteiger partial charge in [-0.2, -0.15) is 0 Å². The monoisotopic (exact) mass is 360 g/mol. The highest BCUT2D eigenvalue weighted by molar-refractivity contribution is 9.13. The largest absolute Gasteiger partial charge is 0.445 e. The number of aromatic nitrogens is 2. The van der Waals surface area contributed by atoms with Gasteiger partial charge >= 0.3 is 0 Å². The zero-order valence-electron chi connectivity index (χ0n) is 9.30. The van der Waals surface area contributed by atoms with Gasteiger partial charge in [-0.15, -0.1) is 0 Å². The molecular weight excluding hydrogens is 352 g/mol. The second kappa shape index (κ2) is 4.78. The van der Waals surface area contributed by atoms with Crippen molar-refractivity contribution in [2.75, 3.05) is 0 Å². The van der Waals surface area contributed by atoms with Crippen molar-refractivity contribution in [3.8, 4) is 11.6 Å². The van der Waals surface area contributed by atoms with Crippen molar-refractivity contribution >= 4 is 31.9 Å². The quantitative estimate of drug-likeness (QED) is 0.891. The smallest absolute Gasteiger partial charge is 0.254 e. The zero-order chi connectivity index (χ0) is 12.6. The maximum Gasteiger partial charge on any atom is 0.254 e. The molecule has 0 amide bonds. The Kier molecular flexibility index (Phi) is 3.53. The van der Waals surface area contributed by atoms with E-state index in [4.69, 9.17) is 4.42 Å². The number of hydrogen-bond donors (Lipinski definition) is 1. The zero-order valence-corrected chi connectivity index (χ0v) is 12.5. The molecule has 0 aliphatic rings. The molecule has 0 aromatic carbocycles. The third-order valence-corrected chi connectivity index (χ3v) is 4.18. The molecule has 0 aliphatic heterocycles. The number of H-pyrrole nitrogens is 1. The predicted molar refractivity (Wildman–Crippen MR) is 72.1 cm³/mol. The molecule has 0 radical (unpaired) electrons. The minimum atomic E-state index is -0.129. The fraction of sp³-hybridized carbons (Fsp3) is 0.273. The Morgan fingerprint density at radius 3 is 2.71 bits per heavy atom. The SMILES string of the molecule is CCc1nc(-c2cc(Br)c(Br)o2)[nH]c(=O)c1C. The summed E-state index contributed by atoms with van der Waals surface area (Å²) in [6, 6.07) is 1.76. The van der Waals surface area contributed by atoms with Crippen LogP contribution in [0.5, 0.6) is 0 Å². The normalized spacial score (nSPS) is 10.8. The van der Waals surface area contributed by atoms with E-state index in [0.29, 0.717) is 28.2 Å². The minimum absolute atomic E-state index is 0.129. The molecule has 1 N–H and O–H groups in total. The van der Waals surface area contributed by atoms with Gasteiger partial charge in [0.2, 0.25) is 0 Å². The van der Waals surface area contributed by atoms with Gasteiger partial charge in [0.25, 0.3) is 5.56 Å². The molecule has 2 rings (SSSR count). The van der Waals surface area contributed by atoms with E-state index >= 15 is 0 Å². The molecule has 6 heteroatoms. The van der Waals surface area contributed by atoms with E-state index in [1.165, 1.54) is 0 Å². The van der Waals surface area contributed by atoms with Crippen molar-refractivity contribution in [1.29, 1.82) is 0 Å². The standard InChI is InChI=1S/C11H10Br2N2O2/c1-3-7-5(2)11(16)15-10(14-7)8-4-6(12)9(13)17-8/h4H,3H2,1-2H3,(H,14,15,16). The van der Waals surface area contributed by atoms with Crippen LogP contribution in [0.15, 0.2) is 24.4 Å². The number of hydrogen-bond acceptors (Lipinski definition) is 3. The van der Waals surface area contributed by atoms with Crippen molar-refractivity contribution < 1.29 is 4.42 Å². The number of rotatable bonds is 2. The third kappa shape index (κ3) is 2.37. The first-order chi connectivity index (χ1) is 8.02. The summed E-state index contributed by atoms with van der Waals surface area (Å²) in [5.74, 6) is 0.972. The molecular formula is C11H10Br2N2O2. The van der Waals surface area contributed by atoms with Gasteiger partial charge in [0.15, 0.2) is 16.3 Å². The summed E-state index contributed by atoms with van der Waals surface area (Å²) >= 11 is 6.57. The first-order valence-electron chi connectivity index (χ1n) is 5.08. The summed E-state index contributed by atoms with van der Waals surface area (Å²) < 4.78 is 6.80. The number of nitrogens with one attached hydrogen (secondary N) is 1. The van der Waals surface area contributed by atoms with Crippen LogP contribution in [0.3, 0.4) is 0 Å². The topological polar surface area (TPSA) is 58.9 Å². The van der Waals surface area contributed by atoms with Gasteiger partial charge in [0, 0.05) is 11.6 Å². The van der Waals surface area contributed by atoms with Crippen molar-refractivity contribution in [2.45, 2.75) is 20.3 Å². The molecule has 2 heterocycles. The highest BCUT2D eigenvalue weighted by atomic mass is 79.9. The Bertz CT molecular complexity index is 597. The van der Waals surface area contributed by atoms with Crippen LogP contribution in [-0.2, 0) is 6.42 Å². The van der Waals surface area contributed by atoms with Gasteiger partial charge < -0.3 is 9.40 Å². The van der Waals surface area contributed by atoms with Gasteiger partial charge in [-0.3, -0.25) is 4.79 Å². The predicted octanol–water partition coefficient (Wildman–Crippen LogP) is 3.43. The molecule has 17 heavy (non-hydrogen) atoms. The highest BCUT2D eigenvalue weighted by Crippen LogP contribution is 2.31. The Labute approximate surface area is 115 Å². The lowest BCUT2D eigenvalue weighted by Gasteiger charge is -2.03. The molecule has 0 spiro atoms. The number of aryl methyl sites for hydroxylation is 1. The molecule has 0 aliphatic carbocycles. The summed E-state index contributed by atoms with van der Waals surface area (Å²) in [6.07, 6.45) is 0.714. The molecule has 2 aromatic rings. The van der Waals surface area contributed by atoms with Crippen molar-refractivity contribution in [2.24, 2.45) is 0 Å². The van der Waals surface area contributed by atoms with Gasteiger partial charge in [-0.05, 0) is 45.2 Å². The summed E-state index contributed by atoms with van der Waals surface area (Å²) in [5, 5.41) is 0. The minimum Gasteiger partial charge on any atom is -0.445 e. The third-order valence-electron chi connectivity index (χ3n) is 2.47. The second-order valence-corrected chi connectivity index (χ2v) is 5.15. The molecule has 2 aromatic heterocycles. The molecule has 0 saturated carbocycles. The first kappa shape index (κ1) is 12.6. The van der Waals surface area contributed by atoms with Crippen LogP contribution in [-0.4, -0.2) is 9.97 Å². The Balaban J connectivity index is 2.60. The fourth-order valence-electron chi connectivity index (χ4n) is 1.50. The lowest BCUT2D eigenvalue weighted by atomic mass is 10.2. The molecule has 0 saturated heterocycles. The van der Waals surface area contributed by atoms with E-state index < -0.39 is 0 Å². The number of furan rings is 1. The molecule has 0 fully saturated rings. The Morgan fingerprint density at radius 2 is 2.18 bits per heavy atom. The summed E-state index contributed by atoms with van der Waals surface area (Å²) in [6.45, 7) is 3.73. The van der Waals surface area contributed by atoms with E-state index in [-0.39, 0.29) is 5.56 Å². The van der Waals surface area contributed by atoms with E-state index in [0.717, 1.165) is 10.2 Å². The van der Waals surface area contributed by atoms with Crippen LogP contribution in [0.2, 0.25) is 0 Å². The number of halogens is 2. The van der Waals surface area contributed by atoms with E-state index in [2.05, 4.69) is 41.8 Å². The molecule has 90 valence electrons. The second-order valence-electron chi connectivity index (χ2n) is 3.57. The average molecular weight is 362 g/mol. The van der Waals surface area contributed by atoms with E-state index in [1.807, 2.05) is 6.92 Å². The molecule has 0 bridgehead atoms. The van der Waals surface area contributed by atoms with Crippen LogP contribution in [0.1, 0.15) is 18.2 Å². The van der Waals surface area contributed by atoms with Crippen molar-refractivity contribution in [1.82, 2.24) is 9.97 Å². The maximum absolute atomic E-state index is 11.7. The lowest BCUT2D eigenvalue weighted by Crippen LogP contribution is -2.15. The fourth-order valence-corrected chi connectivity index (χ4v) is 2.08. The van der Waals surface area contributed by atoms with Gasteiger partial charge in [-0.25, -0.2) is 4.98 Å². The maximum atomic E-state index is 11.7.